The molecule has 0 aromatic heterocycles. The first-order chi connectivity index (χ1) is 9.02. The van der Waals surface area contributed by atoms with Gasteiger partial charge in [0, 0.05) is 31.9 Å². The van der Waals surface area contributed by atoms with E-state index >= 15 is 0 Å². The summed E-state index contributed by atoms with van der Waals surface area (Å²) in [5, 5.41) is 3.46. The van der Waals surface area contributed by atoms with Gasteiger partial charge in [0.15, 0.2) is 0 Å². The molecule has 1 N–H and O–H groups in total. The number of morpholine rings is 1. The summed E-state index contributed by atoms with van der Waals surface area (Å²) in [6.07, 6.45) is 1.48. The minimum absolute atomic E-state index is 0.0351. The molecule has 1 unspecified atom stereocenters. The van der Waals surface area contributed by atoms with E-state index in [-0.39, 0.29) is 5.60 Å². The number of hydrogen-bond donors (Lipinski definition) is 1. The van der Waals surface area contributed by atoms with Crippen molar-refractivity contribution >= 4 is 5.69 Å². The molecule has 0 radical (unpaired) electrons. The fourth-order valence-corrected chi connectivity index (χ4v) is 3.40. The first-order valence-corrected chi connectivity index (χ1v) is 7.28. The number of fused-ring (bicyclic) bond motifs is 1. The van der Waals surface area contributed by atoms with E-state index in [0.29, 0.717) is 6.10 Å². The van der Waals surface area contributed by atoms with Crippen LogP contribution in [0.1, 0.15) is 31.9 Å². The van der Waals surface area contributed by atoms with E-state index in [9.17, 15) is 0 Å². The topological polar surface area (TPSA) is 24.5 Å². The van der Waals surface area contributed by atoms with Crippen molar-refractivity contribution in [3.05, 3.63) is 29.3 Å². The van der Waals surface area contributed by atoms with Crippen LogP contribution in [0.2, 0.25) is 0 Å². The highest BCUT2D eigenvalue weighted by molar-refractivity contribution is 5.57. The van der Waals surface area contributed by atoms with Crippen molar-refractivity contribution in [3.8, 4) is 0 Å². The molecule has 0 saturated carbocycles. The summed E-state index contributed by atoms with van der Waals surface area (Å²) in [6, 6.07) is 6.87. The van der Waals surface area contributed by atoms with Crippen LogP contribution in [-0.2, 0) is 17.7 Å². The predicted octanol–water partition coefficient (Wildman–Crippen LogP) is 2.65. The second-order valence-electron chi connectivity index (χ2n) is 6.53. The van der Waals surface area contributed by atoms with Gasteiger partial charge in [-0.25, -0.2) is 0 Å². The highest BCUT2D eigenvalue weighted by Crippen LogP contribution is 2.26. The van der Waals surface area contributed by atoms with Gasteiger partial charge in [-0.1, -0.05) is 12.1 Å². The molecule has 1 aromatic rings. The fourth-order valence-electron chi connectivity index (χ4n) is 3.40. The Morgan fingerprint density at radius 1 is 1.42 bits per heavy atom. The predicted molar refractivity (Wildman–Crippen MR) is 78.5 cm³/mol. The lowest BCUT2D eigenvalue weighted by atomic mass is 10.0. The van der Waals surface area contributed by atoms with Gasteiger partial charge in [-0.05, 0) is 44.4 Å². The van der Waals surface area contributed by atoms with Gasteiger partial charge in [0.25, 0.3) is 0 Å². The molecule has 2 aliphatic rings. The van der Waals surface area contributed by atoms with Crippen LogP contribution in [0, 0.1) is 0 Å². The lowest BCUT2D eigenvalue weighted by Gasteiger charge is -2.41. The van der Waals surface area contributed by atoms with Crippen molar-refractivity contribution in [1.82, 2.24) is 4.90 Å². The Morgan fingerprint density at radius 2 is 2.26 bits per heavy atom. The molecule has 1 aromatic carbocycles. The SMILES string of the molecule is CC1CN(Cc2ccc3c(c2)NCC3)CC(C)(C)O1. The number of nitrogens with one attached hydrogen (secondary N) is 1. The third kappa shape index (κ3) is 2.93. The van der Waals surface area contributed by atoms with Gasteiger partial charge in [0.05, 0.1) is 11.7 Å². The van der Waals surface area contributed by atoms with Crippen molar-refractivity contribution in [3.63, 3.8) is 0 Å². The van der Waals surface area contributed by atoms with Crippen LogP contribution in [0.5, 0.6) is 0 Å². The van der Waals surface area contributed by atoms with Crippen LogP contribution in [0.4, 0.5) is 5.69 Å². The smallest absolute Gasteiger partial charge is 0.0757 e. The first kappa shape index (κ1) is 12.9. The summed E-state index contributed by atoms with van der Waals surface area (Å²) in [4.78, 5) is 2.50. The molecule has 3 rings (SSSR count). The van der Waals surface area contributed by atoms with E-state index in [1.165, 1.54) is 16.8 Å². The Morgan fingerprint density at radius 3 is 3.05 bits per heavy atom. The van der Waals surface area contributed by atoms with Crippen LogP contribution < -0.4 is 5.32 Å². The fraction of sp³-hybridized carbons (Fsp3) is 0.625. The van der Waals surface area contributed by atoms with E-state index in [0.717, 1.165) is 32.6 Å². The summed E-state index contributed by atoms with van der Waals surface area (Å²) in [5.74, 6) is 0. The lowest BCUT2D eigenvalue weighted by molar-refractivity contribution is -0.130. The van der Waals surface area contributed by atoms with Crippen LogP contribution in [0.25, 0.3) is 0 Å². The Hall–Kier alpha value is -1.06. The van der Waals surface area contributed by atoms with Crippen molar-refractivity contribution in [2.45, 2.75) is 45.4 Å². The maximum absolute atomic E-state index is 5.96. The van der Waals surface area contributed by atoms with Crippen molar-refractivity contribution in [2.24, 2.45) is 0 Å². The van der Waals surface area contributed by atoms with Gasteiger partial charge in [-0.15, -0.1) is 0 Å². The third-order valence-corrected chi connectivity index (χ3v) is 3.93. The number of benzene rings is 1. The van der Waals surface area contributed by atoms with E-state index in [1.807, 2.05) is 0 Å². The Labute approximate surface area is 115 Å². The van der Waals surface area contributed by atoms with Gasteiger partial charge >= 0.3 is 0 Å². The minimum Gasteiger partial charge on any atom is -0.384 e. The molecule has 104 valence electrons. The maximum Gasteiger partial charge on any atom is 0.0757 e. The zero-order valence-corrected chi connectivity index (χ0v) is 12.2. The first-order valence-electron chi connectivity index (χ1n) is 7.28. The molecule has 1 atom stereocenters. The molecule has 2 aliphatic heterocycles. The average Bonchev–Trinajstić information content (AvgIpc) is 2.73. The summed E-state index contributed by atoms with van der Waals surface area (Å²) in [5.41, 5.74) is 4.16. The quantitative estimate of drug-likeness (QED) is 0.884. The summed E-state index contributed by atoms with van der Waals surface area (Å²) < 4.78 is 5.96. The van der Waals surface area contributed by atoms with Crippen LogP contribution in [0.3, 0.4) is 0 Å². The number of ether oxygens (including phenoxy) is 1. The highest BCUT2D eigenvalue weighted by Gasteiger charge is 2.31. The van der Waals surface area contributed by atoms with Gasteiger partial charge in [0.1, 0.15) is 0 Å². The summed E-state index contributed by atoms with van der Waals surface area (Å²) >= 11 is 0. The largest absolute Gasteiger partial charge is 0.384 e. The average molecular weight is 260 g/mol. The van der Waals surface area contributed by atoms with Crippen LogP contribution >= 0.6 is 0 Å². The van der Waals surface area contributed by atoms with Crippen LogP contribution in [0.15, 0.2) is 18.2 Å². The lowest BCUT2D eigenvalue weighted by Crippen LogP contribution is -2.51. The molecule has 0 amide bonds. The maximum atomic E-state index is 5.96. The Bertz CT molecular complexity index is 470. The van der Waals surface area contributed by atoms with Crippen molar-refractivity contribution in [2.75, 3.05) is 25.0 Å². The second-order valence-corrected chi connectivity index (χ2v) is 6.53. The molecule has 2 heterocycles. The van der Waals surface area contributed by atoms with Gasteiger partial charge < -0.3 is 10.1 Å². The van der Waals surface area contributed by atoms with Crippen LogP contribution in [-0.4, -0.2) is 36.2 Å². The highest BCUT2D eigenvalue weighted by atomic mass is 16.5. The number of hydrogen-bond acceptors (Lipinski definition) is 3. The molecular formula is C16H24N2O. The van der Waals surface area contributed by atoms with Crippen molar-refractivity contribution < 1.29 is 4.74 Å². The standard InChI is InChI=1S/C16H24N2O/c1-12-9-18(11-16(2,3)19-12)10-13-4-5-14-6-7-17-15(14)8-13/h4-5,8,12,17H,6-7,9-11H2,1-3H3. The molecular weight excluding hydrogens is 236 g/mol. The normalized spacial score (nSPS) is 25.9. The number of anilines is 1. The zero-order valence-electron chi connectivity index (χ0n) is 12.2. The second kappa shape index (κ2) is 4.80. The van der Waals surface area contributed by atoms with Gasteiger partial charge in [-0.2, -0.15) is 0 Å². The molecule has 3 heteroatoms. The molecule has 0 bridgehead atoms. The minimum atomic E-state index is -0.0351. The summed E-state index contributed by atoms with van der Waals surface area (Å²) in [6.45, 7) is 10.7. The molecule has 0 aliphatic carbocycles. The molecule has 1 saturated heterocycles. The monoisotopic (exact) mass is 260 g/mol. The zero-order chi connectivity index (χ0) is 13.5. The molecule has 0 spiro atoms. The van der Waals surface area contributed by atoms with E-state index in [4.69, 9.17) is 4.74 Å². The summed E-state index contributed by atoms with van der Waals surface area (Å²) in [7, 11) is 0. The van der Waals surface area contributed by atoms with Gasteiger partial charge in [0.2, 0.25) is 0 Å². The van der Waals surface area contributed by atoms with E-state index in [2.05, 4.69) is 49.2 Å². The molecule has 3 nitrogen and oxygen atoms in total. The Kier molecular flexibility index (Phi) is 3.27. The Balaban J connectivity index is 1.71. The molecule has 1 fully saturated rings. The van der Waals surface area contributed by atoms with Gasteiger partial charge in [-0.3, -0.25) is 4.90 Å². The third-order valence-electron chi connectivity index (χ3n) is 3.93. The number of nitrogens with zero attached hydrogens (tertiary/aromatic N) is 1. The van der Waals surface area contributed by atoms with E-state index < -0.39 is 0 Å². The molecule has 19 heavy (non-hydrogen) atoms. The van der Waals surface area contributed by atoms with E-state index in [1.54, 1.807) is 0 Å². The van der Waals surface area contributed by atoms with Crippen molar-refractivity contribution in [1.29, 1.82) is 0 Å². The number of rotatable bonds is 2.